The molecule has 2 amide bonds. The first-order valence-corrected chi connectivity index (χ1v) is 6.41. The quantitative estimate of drug-likeness (QED) is 0.723. The van der Waals surface area contributed by atoms with E-state index in [4.69, 9.17) is 0 Å². The maximum atomic E-state index is 11.6. The summed E-state index contributed by atoms with van der Waals surface area (Å²) in [7, 11) is 0. The predicted molar refractivity (Wildman–Crippen MR) is 75.7 cm³/mol. The molecule has 1 aromatic carbocycles. The fourth-order valence-electron chi connectivity index (χ4n) is 1.67. The molecule has 0 radical (unpaired) electrons. The van der Waals surface area contributed by atoms with E-state index in [1.54, 1.807) is 0 Å². The second kappa shape index (κ2) is 7.53. The first-order valence-electron chi connectivity index (χ1n) is 6.41. The second-order valence-electron chi connectivity index (χ2n) is 4.34. The average molecular weight is 263 g/mol. The largest absolute Gasteiger partial charge is 0.355 e. The number of nitrogens with one attached hydrogen (secondary N) is 3. The minimum Gasteiger partial charge on any atom is -0.355 e. The lowest BCUT2D eigenvalue weighted by molar-refractivity contribution is -0.122. The summed E-state index contributed by atoms with van der Waals surface area (Å²) in [5, 5.41) is 8.66. The van der Waals surface area contributed by atoms with E-state index in [-0.39, 0.29) is 17.9 Å². The highest BCUT2D eigenvalue weighted by molar-refractivity contribution is 5.89. The third-order valence-electron chi connectivity index (χ3n) is 2.67. The van der Waals surface area contributed by atoms with Crippen LogP contribution in [-0.4, -0.2) is 24.4 Å². The Labute approximate surface area is 113 Å². The molecule has 0 saturated heterocycles. The molecule has 0 saturated carbocycles. The molecule has 0 heterocycles. The predicted octanol–water partition coefficient (Wildman–Crippen LogP) is 1.26. The van der Waals surface area contributed by atoms with Crippen molar-refractivity contribution in [3.05, 3.63) is 29.8 Å². The SMILES string of the molecule is CCNC(=O)C(C)NCc1ccccc1NC(C)=O. The number of hydrogen-bond donors (Lipinski definition) is 3. The number of amides is 2. The van der Waals surface area contributed by atoms with E-state index in [0.29, 0.717) is 13.1 Å². The van der Waals surface area contributed by atoms with Gasteiger partial charge in [0.15, 0.2) is 0 Å². The van der Waals surface area contributed by atoms with Crippen molar-refractivity contribution in [1.82, 2.24) is 10.6 Å². The Morgan fingerprint density at radius 2 is 1.95 bits per heavy atom. The van der Waals surface area contributed by atoms with Crippen LogP contribution >= 0.6 is 0 Å². The second-order valence-corrected chi connectivity index (χ2v) is 4.34. The first-order chi connectivity index (χ1) is 9.04. The standard InChI is InChI=1S/C14H21N3O2/c1-4-15-14(19)10(2)16-9-12-7-5-6-8-13(12)17-11(3)18/h5-8,10,16H,4,9H2,1-3H3,(H,15,19)(H,17,18). The minimum absolute atomic E-state index is 0.0282. The van der Waals surface area contributed by atoms with Crippen molar-refractivity contribution in [2.24, 2.45) is 0 Å². The van der Waals surface area contributed by atoms with E-state index in [1.165, 1.54) is 6.92 Å². The zero-order valence-electron chi connectivity index (χ0n) is 11.6. The van der Waals surface area contributed by atoms with E-state index >= 15 is 0 Å². The van der Waals surface area contributed by atoms with Gasteiger partial charge >= 0.3 is 0 Å². The molecule has 0 spiro atoms. The Hall–Kier alpha value is -1.88. The highest BCUT2D eigenvalue weighted by Gasteiger charge is 2.11. The van der Waals surface area contributed by atoms with Gasteiger partial charge in [0.25, 0.3) is 0 Å². The van der Waals surface area contributed by atoms with Crippen LogP contribution in [0.3, 0.4) is 0 Å². The molecule has 19 heavy (non-hydrogen) atoms. The lowest BCUT2D eigenvalue weighted by atomic mass is 10.1. The smallest absolute Gasteiger partial charge is 0.236 e. The number of rotatable bonds is 6. The molecule has 3 N–H and O–H groups in total. The minimum atomic E-state index is -0.273. The van der Waals surface area contributed by atoms with Crippen molar-refractivity contribution in [3.8, 4) is 0 Å². The monoisotopic (exact) mass is 263 g/mol. The van der Waals surface area contributed by atoms with E-state index in [2.05, 4.69) is 16.0 Å². The molecule has 0 fully saturated rings. The summed E-state index contributed by atoms with van der Waals surface area (Å²) in [5.74, 6) is -0.135. The van der Waals surface area contributed by atoms with Gasteiger partial charge in [-0.05, 0) is 25.5 Å². The molecule has 1 atom stereocenters. The van der Waals surface area contributed by atoms with Crippen LogP contribution in [0.4, 0.5) is 5.69 Å². The van der Waals surface area contributed by atoms with Crippen molar-refractivity contribution < 1.29 is 9.59 Å². The van der Waals surface area contributed by atoms with Gasteiger partial charge < -0.3 is 16.0 Å². The van der Waals surface area contributed by atoms with Gasteiger partial charge in [0.1, 0.15) is 0 Å². The highest BCUT2D eigenvalue weighted by Crippen LogP contribution is 2.14. The van der Waals surface area contributed by atoms with Gasteiger partial charge in [-0.1, -0.05) is 18.2 Å². The normalized spacial score (nSPS) is 11.7. The molecule has 5 heteroatoms. The van der Waals surface area contributed by atoms with Gasteiger partial charge in [-0.15, -0.1) is 0 Å². The van der Waals surface area contributed by atoms with E-state index in [9.17, 15) is 9.59 Å². The van der Waals surface area contributed by atoms with Crippen molar-refractivity contribution >= 4 is 17.5 Å². The third-order valence-corrected chi connectivity index (χ3v) is 2.67. The van der Waals surface area contributed by atoms with Crippen LogP contribution in [-0.2, 0) is 16.1 Å². The van der Waals surface area contributed by atoms with Crippen LogP contribution in [0, 0.1) is 0 Å². The Kier molecular flexibility index (Phi) is 6.02. The van der Waals surface area contributed by atoms with Crippen LogP contribution in [0.15, 0.2) is 24.3 Å². The third kappa shape index (κ3) is 5.09. The summed E-state index contributed by atoms with van der Waals surface area (Å²) >= 11 is 0. The average Bonchev–Trinajstić information content (AvgIpc) is 2.37. The molecule has 5 nitrogen and oxygen atoms in total. The van der Waals surface area contributed by atoms with E-state index in [1.807, 2.05) is 38.1 Å². The van der Waals surface area contributed by atoms with Gasteiger partial charge in [0.2, 0.25) is 11.8 Å². The van der Waals surface area contributed by atoms with Crippen molar-refractivity contribution in [2.45, 2.75) is 33.4 Å². The lowest BCUT2D eigenvalue weighted by Gasteiger charge is -2.15. The number of anilines is 1. The molecule has 0 aliphatic carbocycles. The Bertz CT molecular complexity index is 446. The summed E-state index contributed by atoms with van der Waals surface area (Å²) in [6.07, 6.45) is 0. The fourth-order valence-corrected chi connectivity index (χ4v) is 1.67. The van der Waals surface area contributed by atoms with Gasteiger partial charge in [0, 0.05) is 25.7 Å². The summed E-state index contributed by atoms with van der Waals surface area (Å²) in [4.78, 5) is 22.7. The van der Waals surface area contributed by atoms with Crippen LogP contribution in [0.1, 0.15) is 26.3 Å². The summed E-state index contributed by atoms with van der Waals surface area (Å²) in [5.41, 5.74) is 1.72. The Balaban J connectivity index is 2.62. The Morgan fingerprint density at radius 1 is 1.26 bits per heavy atom. The number of likely N-dealkylation sites (N-methyl/N-ethyl adjacent to an activating group) is 1. The van der Waals surface area contributed by atoms with Gasteiger partial charge in [0.05, 0.1) is 6.04 Å². The molecule has 1 unspecified atom stereocenters. The topological polar surface area (TPSA) is 70.2 Å². The maximum Gasteiger partial charge on any atom is 0.236 e. The van der Waals surface area contributed by atoms with Gasteiger partial charge in [-0.2, -0.15) is 0 Å². The summed E-state index contributed by atoms with van der Waals surface area (Å²) in [6.45, 7) is 6.31. The van der Waals surface area contributed by atoms with Crippen LogP contribution in [0.5, 0.6) is 0 Å². The molecule has 0 bridgehead atoms. The van der Waals surface area contributed by atoms with Gasteiger partial charge in [-0.25, -0.2) is 0 Å². The number of hydrogen-bond acceptors (Lipinski definition) is 3. The maximum absolute atomic E-state index is 11.6. The van der Waals surface area contributed by atoms with E-state index in [0.717, 1.165) is 11.3 Å². The number of carbonyl (C=O) groups is 2. The molecule has 0 aromatic heterocycles. The van der Waals surface area contributed by atoms with Crippen molar-refractivity contribution in [3.63, 3.8) is 0 Å². The summed E-state index contributed by atoms with van der Waals surface area (Å²) in [6, 6.07) is 7.25. The van der Waals surface area contributed by atoms with Crippen molar-refractivity contribution in [2.75, 3.05) is 11.9 Å². The number of carbonyl (C=O) groups excluding carboxylic acids is 2. The van der Waals surface area contributed by atoms with Gasteiger partial charge in [-0.3, -0.25) is 9.59 Å². The molecular formula is C14H21N3O2. The van der Waals surface area contributed by atoms with Crippen LogP contribution in [0.2, 0.25) is 0 Å². The highest BCUT2D eigenvalue weighted by atomic mass is 16.2. The van der Waals surface area contributed by atoms with E-state index < -0.39 is 0 Å². The molecular weight excluding hydrogens is 242 g/mol. The molecule has 104 valence electrons. The molecule has 1 rings (SSSR count). The molecule has 0 aliphatic rings. The Morgan fingerprint density at radius 3 is 2.58 bits per heavy atom. The zero-order chi connectivity index (χ0) is 14.3. The lowest BCUT2D eigenvalue weighted by Crippen LogP contribution is -2.41. The summed E-state index contributed by atoms with van der Waals surface area (Å²) < 4.78 is 0. The number of benzene rings is 1. The first kappa shape index (κ1) is 15.2. The molecule has 1 aromatic rings. The molecule has 0 aliphatic heterocycles. The van der Waals surface area contributed by atoms with Crippen LogP contribution < -0.4 is 16.0 Å². The number of para-hydroxylation sites is 1. The fraction of sp³-hybridized carbons (Fsp3) is 0.429. The van der Waals surface area contributed by atoms with Crippen LogP contribution in [0.25, 0.3) is 0 Å². The zero-order valence-corrected chi connectivity index (χ0v) is 11.6. The van der Waals surface area contributed by atoms with Crippen molar-refractivity contribution in [1.29, 1.82) is 0 Å².